The van der Waals surface area contributed by atoms with Crippen LogP contribution in [-0.4, -0.2) is 32.0 Å². The van der Waals surface area contributed by atoms with Gasteiger partial charge in [0.15, 0.2) is 0 Å². The maximum atomic E-state index is 10.6. The zero-order valence-electron chi connectivity index (χ0n) is 10.7. The van der Waals surface area contributed by atoms with Crippen LogP contribution in [-0.2, 0) is 14.9 Å². The summed E-state index contributed by atoms with van der Waals surface area (Å²) in [7, 11) is -4.02. The Balaban J connectivity index is 0.000000200. The van der Waals surface area contributed by atoms with E-state index >= 15 is 0 Å². The molecule has 4 N–H and O–H groups in total. The van der Waals surface area contributed by atoms with Crippen LogP contribution in [0.4, 0.5) is 0 Å². The van der Waals surface area contributed by atoms with Gasteiger partial charge in [0, 0.05) is 13.1 Å². The first-order valence-corrected chi connectivity index (χ1v) is 7.30. The number of carbonyl (C=O) groups is 1. The van der Waals surface area contributed by atoms with Crippen LogP contribution in [0.15, 0.2) is 29.2 Å². The number of aryl methyl sites for hydroxylation is 1. The van der Waals surface area contributed by atoms with Crippen molar-refractivity contribution in [2.24, 2.45) is 11.7 Å². The van der Waals surface area contributed by atoms with Gasteiger partial charge in [-0.25, -0.2) is 0 Å². The van der Waals surface area contributed by atoms with Gasteiger partial charge >= 0.3 is 0 Å². The number of amides is 1. The summed E-state index contributed by atoms with van der Waals surface area (Å²) in [6.07, 6.45) is 0.912. The predicted octanol–water partition coefficient (Wildman–Crippen LogP) is 0.323. The molecule has 0 saturated carbocycles. The minimum absolute atomic E-state index is 0.0666. The van der Waals surface area contributed by atoms with Crippen LogP contribution in [0.25, 0.3) is 0 Å². The fourth-order valence-electron chi connectivity index (χ4n) is 1.58. The highest BCUT2D eigenvalue weighted by Crippen LogP contribution is 2.08. The zero-order valence-corrected chi connectivity index (χ0v) is 11.5. The molecule has 0 aromatic heterocycles. The molecule has 1 amide bonds. The van der Waals surface area contributed by atoms with Crippen LogP contribution in [0.2, 0.25) is 0 Å². The third kappa shape index (κ3) is 4.98. The van der Waals surface area contributed by atoms with Gasteiger partial charge in [0.25, 0.3) is 10.1 Å². The fourth-order valence-corrected chi connectivity index (χ4v) is 2.06. The molecule has 6 nitrogen and oxygen atoms in total. The molecule has 19 heavy (non-hydrogen) atoms. The van der Waals surface area contributed by atoms with E-state index in [-0.39, 0.29) is 16.7 Å². The van der Waals surface area contributed by atoms with E-state index in [9.17, 15) is 13.2 Å². The fraction of sp³-hybridized carbons (Fsp3) is 0.417. The molecular formula is C12H18N2O4S. The van der Waals surface area contributed by atoms with Gasteiger partial charge in [-0.2, -0.15) is 8.42 Å². The lowest BCUT2D eigenvalue weighted by Crippen LogP contribution is -2.24. The summed E-state index contributed by atoms with van der Waals surface area (Å²) in [4.78, 5) is 10.5. The highest BCUT2D eigenvalue weighted by atomic mass is 32.2. The van der Waals surface area contributed by atoms with E-state index in [0.29, 0.717) is 6.54 Å². The number of hydrogen-bond acceptors (Lipinski definition) is 4. The highest BCUT2D eigenvalue weighted by Gasteiger charge is 2.21. The van der Waals surface area contributed by atoms with Crippen LogP contribution in [0.3, 0.4) is 0 Å². The quantitative estimate of drug-likeness (QED) is 0.678. The van der Waals surface area contributed by atoms with Crippen molar-refractivity contribution in [3.8, 4) is 0 Å². The number of hydrogen-bond donors (Lipinski definition) is 3. The Morgan fingerprint density at radius 1 is 1.37 bits per heavy atom. The van der Waals surface area contributed by atoms with Gasteiger partial charge in [-0.1, -0.05) is 17.7 Å². The van der Waals surface area contributed by atoms with Crippen molar-refractivity contribution in [2.45, 2.75) is 18.2 Å². The third-order valence-electron chi connectivity index (χ3n) is 2.77. The lowest BCUT2D eigenvalue weighted by atomic mass is 10.1. The summed E-state index contributed by atoms with van der Waals surface area (Å²) in [5.41, 5.74) is 6.22. The predicted molar refractivity (Wildman–Crippen MR) is 71.2 cm³/mol. The highest BCUT2D eigenvalue weighted by molar-refractivity contribution is 7.85. The van der Waals surface area contributed by atoms with Gasteiger partial charge in [-0.15, -0.1) is 0 Å². The second-order valence-electron chi connectivity index (χ2n) is 4.30. The van der Waals surface area contributed by atoms with Crippen molar-refractivity contribution in [2.75, 3.05) is 13.1 Å². The van der Waals surface area contributed by atoms with Crippen LogP contribution in [0.1, 0.15) is 12.0 Å². The topological polar surface area (TPSA) is 109 Å². The monoisotopic (exact) mass is 286 g/mol. The largest absolute Gasteiger partial charge is 0.356 e. The average Bonchev–Trinajstić information content (AvgIpc) is 2.75. The molecule has 1 aliphatic heterocycles. The van der Waals surface area contributed by atoms with E-state index in [1.54, 1.807) is 12.1 Å². The summed E-state index contributed by atoms with van der Waals surface area (Å²) >= 11 is 0. The molecule has 0 unspecified atom stereocenters. The van der Waals surface area contributed by atoms with E-state index < -0.39 is 10.1 Å². The summed E-state index contributed by atoms with van der Waals surface area (Å²) in [5, 5.41) is 2.70. The minimum atomic E-state index is -4.02. The van der Waals surface area contributed by atoms with Gasteiger partial charge in [-0.05, 0) is 25.5 Å². The normalized spacial score (nSPS) is 18.5. The lowest BCUT2D eigenvalue weighted by Gasteiger charge is -1.97. The number of rotatable bonds is 2. The Hall–Kier alpha value is -1.44. The van der Waals surface area contributed by atoms with Crippen molar-refractivity contribution in [3.63, 3.8) is 0 Å². The Labute approximate surface area is 112 Å². The molecular weight excluding hydrogens is 268 g/mol. The SMILES string of the molecule is Cc1ccc(S(=O)(=O)O)cc1.NC[C@H]1CCNC1=O. The van der Waals surface area contributed by atoms with Crippen LogP contribution in [0.5, 0.6) is 0 Å². The molecule has 106 valence electrons. The molecule has 1 saturated heterocycles. The van der Waals surface area contributed by atoms with Gasteiger partial charge in [0.1, 0.15) is 0 Å². The second kappa shape index (κ2) is 6.65. The standard InChI is InChI=1S/C7H8O3S.C5H10N2O/c1-6-2-4-7(5-3-6)11(8,9)10;6-3-4-1-2-7-5(4)8/h2-5H,1H3,(H,8,9,10);4H,1-3,6H2,(H,7,8)/t;4-/m.1/s1. The van der Waals surface area contributed by atoms with Crippen LogP contribution >= 0.6 is 0 Å². The number of benzene rings is 1. The van der Waals surface area contributed by atoms with Crippen molar-refractivity contribution >= 4 is 16.0 Å². The molecule has 7 heteroatoms. The third-order valence-corrected chi connectivity index (χ3v) is 3.63. The second-order valence-corrected chi connectivity index (χ2v) is 5.72. The summed E-state index contributed by atoms with van der Waals surface area (Å²) < 4.78 is 29.6. The van der Waals surface area contributed by atoms with Crippen LogP contribution in [0, 0.1) is 12.8 Å². The van der Waals surface area contributed by atoms with Gasteiger partial charge in [0.2, 0.25) is 5.91 Å². The maximum absolute atomic E-state index is 10.6. The van der Waals surface area contributed by atoms with Crippen molar-refractivity contribution in [3.05, 3.63) is 29.8 Å². The zero-order chi connectivity index (χ0) is 14.5. The van der Waals surface area contributed by atoms with E-state index in [0.717, 1.165) is 18.5 Å². The van der Waals surface area contributed by atoms with E-state index in [2.05, 4.69) is 5.32 Å². The summed E-state index contributed by atoms with van der Waals surface area (Å²) in [6, 6.07) is 5.99. The van der Waals surface area contributed by atoms with Crippen molar-refractivity contribution in [1.29, 1.82) is 0 Å². The first kappa shape index (κ1) is 15.6. The lowest BCUT2D eigenvalue weighted by molar-refractivity contribution is -0.122. The Bertz CT molecular complexity index is 525. The molecule has 1 aromatic rings. The maximum Gasteiger partial charge on any atom is 0.294 e. The van der Waals surface area contributed by atoms with Crippen molar-refractivity contribution in [1.82, 2.24) is 5.32 Å². The van der Waals surface area contributed by atoms with Gasteiger partial charge in [0.05, 0.1) is 10.8 Å². The average molecular weight is 286 g/mol. The van der Waals surface area contributed by atoms with Crippen LogP contribution < -0.4 is 11.1 Å². The molecule has 2 rings (SSSR count). The molecule has 0 spiro atoms. The Morgan fingerprint density at radius 2 is 1.95 bits per heavy atom. The first-order chi connectivity index (χ1) is 8.84. The van der Waals surface area contributed by atoms with E-state index in [1.807, 2.05) is 6.92 Å². The number of nitrogens with one attached hydrogen (secondary N) is 1. The Morgan fingerprint density at radius 3 is 2.26 bits per heavy atom. The molecule has 0 aliphatic carbocycles. The smallest absolute Gasteiger partial charge is 0.294 e. The molecule has 1 fully saturated rings. The van der Waals surface area contributed by atoms with Gasteiger partial charge < -0.3 is 11.1 Å². The summed E-state index contributed by atoms with van der Waals surface area (Å²) in [5.74, 6) is 0.211. The molecule has 0 radical (unpaired) electrons. The Kier molecular flexibility index (Phi) is 5.46. The molecule has 1 heterocycles. The van der Waals surface area contributed by atoms with E-state index in [1.165, 1.54) is 12.1 Å². The molecule has 1 aromatic carbocycles. The first-order valence-electron chi connectivity index (χ1n) is 5.86. The van der Waals surface area contributed by atoms with E-state index in [4.69, 9.17) is 10.3 Å². The molecule has 1 atom stereocenters. The number of nitrogens with two attached hydrogens (primary N) is 1. The minimum Gasteiger partial charge on any atom is -0.356 e. The van der Waals surface area contributed by atoms with Gasteiger partial charge in [-0.3, -0.25) is 9.35 Å². The number of carbonyl (C=O) groups excluding carboxylic acids is 1. The molecule has 0 bridgehead atoms. The van der Waals surface area contributed by atoms with Crippen molar-refractivity contribution < 1.29 is 17.8 Å². The molecule has 1 aliphatic rings. The summed E-state index contributed by atoms with van der Waals surface area (Å²) in [6.45, 7) is 3.14.